The number of hydrogen-bond donors (Lipinski definition) is 1. The summed E-state index contributed by atoms with van der Waals surface area (Å²) in [6, 6.07) is 11.4. The van der Waals surface area contributed by atoms with Gasteiger partial charge in [-0.3, -0.25) is 24.1 Å². The van der Waals surface area contributed by atoms with E-state index in [2.05, 4.69) is 5.32 Å². The van der Waals surface area contributed by atoms with Crippen LogP contribution in [0.4, 0.5) is 11.4 Å². The maximum atomic E-state index is 12.6. The maximum Gasteiger partial charge on any atom is 0.306 e. The Kier molecular flexibility index (Phi) is 7.43. The average Bonchev–Trinajstić information content (AvgIpc) is 2.79. The lowest BCUT2D eigenvalue weighted by atomic mass is 10.0. The third-order valence-electron chi connectivity index (χ3n) is 4.76. The number of ether oxygens (including phenoxy) is 3. The highest BCUT2D eigenvalue weighted by Gasteiger charge is 2.28. The lowest BCUT2D eigenvalue weighted by Gasteiger charge is -2.29. The number of esters is 1. The molecule has 9 heteroatoms. The number of amides is 2. The van der Waals surface area contributed by atoms with Crippen LogP contribution in [0, 0.1) is 0 Å². The van der Waals surface area contributed by atoms with Crippen LogP contribution in [0.25, 0.3) is 0 Å². The Balaban J connectivity index is 1.72. The summed E-state index contributed by atoms with van der Waals surface area (Å²) in [7, 11) is 1.55. The van der Waals surface area contributed by atoms with Crippen molar-refractivity contribution in [1.29, 1.82) is 0 Å². The van der Waals surface area contributed by atoms with Crippen LogP contribution in [0.5, 0.6) is 11.5 Å². The van der Waals surface area contributed by atoms with Crippen molar-refractivity contribution in [2.24, 2.45) is 0 Å². The zero-order valence-electron chi connectivity index (χ0n) is 17.9. The standard InChI is InChI=1S/C23H24N2O7/c1-3-31-23(29)11-9-19(26)15-4-10-20-18(12-15)25(22(28)14-32-20)13-21(27)24-16-5-7-17(30-2)8-6-16/h4-8,10,12H,3,9,11,13-14H2,1-2H3,(H,24,27). The number of fused-ring (bicyclic) bond motifs is 1. The van der Waals surface area contributed by atoms with Crippen molar-refractivity contribution in [2.45, 2.75) is 19.8 Å². The van der Waals surface area contributed by atoms with E-state index in [1.165, 1.54) is 11.0 Å². The third-order valence-corrected chi connectivity index (χ3v) is 4.76. The first-order valence-electron chi connectivity index (χ1n) is 10.1. The molecule has 2 aromatic rings. The van der Waals surface area contributed by atoms with E-state index >= 15 is 0 Å². The summed E-state index contributed by atoms with van der Waals surface area (Å²) in [6.45, 7) is 1.49. The van der Waals surface area contributed by atoms with Crippen LogP contribution in [0.2, 0.25) is 0 Å². The first-order valence-corrected chi connectivity index (χ1v) is 10.1. The summed E-state index contributed by atoms with van der Waals surface area (Å²) in [5, 5.41) is 2.73. The number of carbonyl (C=O) groups excluding carboxylic acids is 4. The van der Waals surface area contributed by atoms with Crippen molar-refractivity contribution in [1.82, 2.24) is 0 Å². The zero-order chi connectivity index (χ0) is 23.1. The molecule has 1 aliphatic heterocycles. The van der Waals surface area contributed by atoms with E-state index in [0.717, 1.165) is 0 Å². The molecule has 0 aliphatic carbocycles. The highest BCUT2D eigenvalue weighted by atomic mass is 16.5. The molecule has 32 heavy (non-hydrogen) atoms. The molecule has 0 atom stereocenters. The minimum Gasteiger partial charge on any atom is -0.497 e. The quantitative estimate of drug-likeness (QED) is 0.471. The van der Waals surface area contributed by atoms with Gasteiger partial charge in [0.2, 0.25) is 5.91 Å². The molecule has 0 radical (unpaired) electrons. The molecule has 2 amide bonds. The van der Waals surface area contributed by atoms with Crippen molar-refractivity contribution >= 4 is 34.9 Å². The fraction of sp³-hybridized carbons (Fsp3) is 0.304. The van der Waals surface area contributed by atoms with Crippen molar-refractivity contribution in [2.75, 3.05) is 37.1 Å². The van der Waals surface area contributed by atoms with E-state index in [9.17, 15) is 19.2 Å². The van der Waals surface area contributed by atoms with E-state index in [4.69, 9.17) is 14.2 Å². The summed E-state index contributed by atoms with van der Waals surface area (Å²) in [4.78, 5) is 50.3. The highest BCUT2D eigenvalue weighted by molar-refractivity contribution is 6.06. The molecule has 0 fully saturated rings. The minimum absolute atomic E-state index is 0.0234. The second-order valence-electron chi connectivity index (χ2n) is 6.96. The van der Waals surface area contributed by atoms with Gasteiger partial charge in [-0.2, -0.15) is 0 Å². The van der Waals surface area contributed by atoms with Gasteiger partial charge in [0.1, 0.15) is 18.0 Å². The number of Topliss-reactive ketones (excluding diaryl/α,β-unsaturated/α-hetero) is 1. The van der Waals surface area contributed by atoms with E-state index in [0.29, 0.717) is 28.4 Å². The average molecular weight is 440 g/mol. The predicted octanol–water partition coefficient (Wildman–Crippen LogP) is 2.59. The van der Waals surface area contributed by atoms with E-state index in [1.54, 1.807) is 50.4 Å². The van der Waals surface area contributed by atoms with Gasteiger partial charge < -0.3 is 19.5 Å². The van der Waals surface area contributed by atoms with Gasteiger partial charge in [0.25, 0.3) is 5.91 Å². The van der Waals surface area contributed by atoms with E-state index < -0.39 is 17.8 Å². The van der Waals surface area contributed by atoms with Gasteiger partial charge in [-0.25, -0.2) is 0 Å². The second kappa shape index (κ2) is 10.4. The van der Waals surface area contributed by atoms with Gasteiger partial charge in [-0.15, -0.1) is 0 Å². The van der Waals surface area contributed by atoms with Crippen molar-refractivity contribution in [3.05, 3.63) is 48.0 Å². The molecule has 3 rings (SSSR count). The topological polar surface area (TPSA) is 111 Å². The molecule has 2 aromatic carbocycles. The summed E-state index contributed by atoms with van der Waals surface area (Å²) in [5.41, 5.74) is 1.19. The Hall–Kier alpha value is -3.88. The molecule has 0 saturated carbocycles. The highest BCUT2D eigenvalue weighted by Crippen LogP contribution is 2.33. The summed E-state index contributed by atoms with van der Waals surface area (Å²) in [6.07, 6.45) is -0.0580. The number of rotatable bonds is 9. The third kappa shape index (κ3) is 5.63. The molecule has 1 heterocycles. The number of methoxy groups -OCH3 is 1. The Morgan fingerprint density at radius 1 is 1.09 bits per heavy atom. The van der Waals surface area contributed by atoms with Crippen LogP contribution in [-0.4, -0.2) is 50.4 Å². The fourth-order valence-corrected chi connectivity index (χ4v) is 3.16. The first kappa shape index (κ1) is 22.8. The van der Waals surface area contributed by atoms with Crippen molar-refractivity contribution in [3.63, 3.8) is 0 Å². The lowest BCUT2D eigenvalue weighted by molar-refractivity contribution is -0.143. The minimum atomic E-state index is -0.450. The smallest absolute Gasteiger partial charge is 0.306 e. The normalized spacial score (nSPS) is 12.4. The van der Waals surface area contributed by atoms with Gasteiger partial charge in [-0.05, 0) is 49.4 Å². The molecule has 0 spiro atoms. The lowest BCUT2D eigenvalue weighted by Crippen LogP contribution is -2.43. The molecular weight excluding hydrogens is 416 g/mol. The van der Waals surface area contributed by atoms with Crippen LogP contribution < -0.4 is 19.7 Å². The van der Waals surface area contributed by atoms with Crippen LogP contribution in [-0.2, 0) is 19.1 Å². The molecule has 9 nitrogen and oxygen atoms in total. The number of anilines is 2. The molecule has 168 valence electrons. The first-order chi connectivity index (χ1) is 15.4. The number of nitrogens with one attached hydrogen (secondary N) is 1. The molecule has 1 N–H and O–H groups in total. The van der Waals surface area contributed by atoms with E-state index in [1.807, 2.05) is 0 Å². The Bertz CT molecular complexity index is 1020. The zero-order valence-corrected chi connectivity index (χ0v) is 17.9. The van der Waals surface area contributed by atoms with Crippen LogP contribution in [0.3, 0.4) is 0 Å². The van der Waals surface area contributed by atoms with Crippen molar-refractivity contribution in [3.8, 4) is 11.5 Å². The van der Waals surface area contributed by atoms with Crippen LogP contribution in [0.1, 0.15) is 30.1 Å². The predicted molar refractivity (Wildman–Crippen MR) is 116 cm³/mol. The second-order valence-corrected chi connectivity index (χ2v) is 6.96. The maximum absolute atomic E-state index is 12.6. The molecule has 0 unspecified atom stereocenters. The number of nitrogens with zero attached hydrogens (tertiary/aromatic N) is 1. The SMILES string of the molecule is CCOC(=O)CCC(=O)c1ccc2c(c1)N(CC(=O)Nc1ccc(OC)cc1)C(=O)CO2. The Labute approximate surface area is 185 Å². The number of ketones is 1. The number of benzene rings is 2. The van der Waals surface area contributed by atoms with Gasteiger partial charge in [0, 0.05) is 17.7 Å². The number of hydrogen-bond acceptors (Lipinski definition) is 7. The van der Waals surface area contributed by atoms with Gasteiger partial charge in [0.15, 0.2) is 12.4 Å². The Morgan fingerprint density at radius 3 is 2.53 bits per heavy atom. The molecule has 1 aliphatic rings. The van der Waals surface area contributed by atoms with Gasteiger partial charge in [-0.1, -0.05) is 0 Å². The molecule has 0 bridgehead atoms. The van der Waals surface area contributed by atoms with Crippen LogP contribution >= 0.6 is 0 Å². The van der Waals surface area contributed by atoms with Crippen molar-refractivity contribution < 1.29 is 33.4 Å². The monoisotopic (exact) mass is 440 g/mol. The molecule has 0 saturated heterocycles. The van der Waals surface area contributed by atoms with Crippen LogP contribution in [0.15, 0.2) is 42.5 Å². The summed E-state index contributed by atoms with van der Waals surface area (Å²) < 4.78 is 15.4. The largest absolute Gasteiger partial charge is 0.497 e. The fourth-order valence-electron chi connectivity index (χ4n) is 3.16. The number of carbonyl (C=O) groups is 4. The summed E-state index contributed by atoms with van der Waals surface area (Å²) in [5.74, 6) is -0.492. The van der Waals surface area contributed by atoms with Gasteiger partial charge in [0.05, 0.1) is 25.8 Å². The van der Waals surface area contributed by atoms with Gasteiger partial charge >= 0.3 is 5.97 Å². The summed E-state index contributed by atoms with van der Waals surface area (Å²) >= 11 is 0. The van der Waals surface area contributed by atoms with E-state index in [-0.39, 0.29) is 38.4 Å². The molecule has 0 aromatic heterocycles. The Morgan fingerprint density at radius 2 is 1.84 bits per heavy atom. The molecular formula is C23H24N2O7.